The number of hydrogen-bond acceptors (Lipinski definition) is 2. The topological polar surface area (TPSA) is 16.1 Å². The second-order valence-corrected chi connectivity index (χ2v) is 6.14. The summed E-state index contributed by atoms with van der Waals surface area (Å²) in [6, 6.07) is 5.08. The third-order valence-corrected chi connectivity index (χ3v) is 4.10. The fraction of sp³-hybridized carbons (Fsp3) is 0.706. The van der Waals surface area contributed by atoms with Gasteiger partial charge in [0.1, 0.15) is 0 Å². The van der Waals surface area contributed by atoms with Gasteiger partial charge in [-0.05, 0) is 57.8 Å². The Morgan fingerprint density at radius 2 is 1.84 bits per heavy atom. The predicted octanol–water partition coefficient (Wildman–Crippen LogP) is 4.43. The van der Waals surface area contributed by atoms with Gasteiger partial charge in [0.25, 0.3) is 0 Å². The van der Waals surface area contributed by atoms with Gasteiger partial charge in [0, 0.05) is 23.9 Å². The van der Waals surface area contributed by atoms with Crippen molar-refractivity contribution in [3.05, 3.63) is 29.6 Å². The van der Waals surface area contributed by atoms with Crippen LogP contribution in [0.3, 0.4) is 0 Å². The molecule has 0 fully saturated rings. The molecule has 0 aliphatic carbocycles. The van der Waals surface area contributed by atoms with E-state index in [1.165, 1.54) is 24.1 Å². The summed E-state index contributed by atoms with van der Waals surface area (Å²) in [6.07, 6.45) is 4.41. The van der Waals surface area contributed by atoms with Crippen LogP contribution in [-0.4, -0.2) is 29.5 Å². The van der Waals surface area contributed by atoms with E-state index in [2.05, 4.69) is 69.9 Å². The summed E-state index contributed by atoms with van der Waals surface area (Å²) in [5, 5.41) is 0. The van der Waals surface area contributed by atoms with Gasteiger partial charge in [-0.25, -0.2) is 0 Å². The van der Waals surface area contributed by atoms with Crippen LogP contribution in [0.5, 0.6) is 0 Å². The molecule has 1 atom stereocenters. The molecule has 1 heterocycles. The van der Waals surface area contributed by atoms with Crippen LogP contribution in [0.15, 0.2) is 18.3 Å². The Morgan fingerprint density at radius 1 is 1.16 bits per heavy atom. The average Bonchev–Trinajstić information content (AvgIpc) is 2.39. The van der Waals surface area contributed by atoms with Crippen LogP contribution in [0, 0.1) is 0 Å². The smallest absolute Gasteiger partial charge is 0.0435 e. The SMILES string of the molecule is CCC(CCN(C)C(C)C)c1ccc(C(C)C)cn1. The third kappa shape index (κ3) is 4.94. The summed E-state index contributed by atoms with van der Waals surface area (Å²) in [4.78, 5) is 7.08. The Hall–Kier alpha value is -0.890. The molecule has 19 heavy (non-hydrogen) atoms. The van der Waals surface area contributed by atoms with Gasteiger partial charge < -0.3 is 4.90 Å². The first-order valence-electron chi connectivity index (χ1n) is 7.61. The Labute approximate surface area is 119 Å². The van der Waals surface area contributed by atoms with Gasteiger partial charge in [-0.2, -0.15) is 0 Å². The van der Waals surface area contributed by atoms with Crippen LogP contribution in [-0.2, 0) is 0 Å². The van der Waals surface area contributed by atoms with E-state index in [-0.39, 0.29) is 0 Å². The summed E-state index contributed by atoms with van der Waals surface area (Å²) in [5.41, 5.74) is 2.59. The molecule has 0 aliphatic heterocycles. The first-order valence-corrected chi connectivity index (χ1v) is 7.61. The van der Waals surface area contributed by atoms with Crippen molar-refractivity contribution in [3.63, 3.8) is 0 Å². The van der Waals surface area contributed by atoms with E-state index < -0.39 is 0 Å². The van der Waals surface area contributed by atoms with Crippen molar-refractivity contribution in [3.8, 4) is 0 Å². The molecule has 0 amide bonds. The monoisotopic (exact) mass is 262 g/mol. The zero-order valence-electron chi connectivity index (χ0n) is 13.5. The molecule has 0 spiro atoms. The van der Waals surface area contributed by atoms with E-state index in [1.54, 1.807) is 0 Å². The maximum absolute atomic E-state index is 4.68. The van der Waals surface area contributed by atoms with Gasteiger partial charge in [0.05, 0.1) is 0 Å². The molecule has 1 aromatic heterocycles. The van der Waals surface area contributed by atoms with Crippen molar-refractivity contribution in [2.75, 3.05) is 13.6 Å². The lowest BCUT2D eigenvalue weighted by atomic mass is 9.96. The maximum atomic E-state index is 4.68. The molecule has 0 N–H and O–H groups in total. The minimum atomic E-state index is 0.564. The van der Waals surface area contributed by atoms with E-state index in [0.29, 0.717) is 17.9 Å². The Kier molecular flexibility index (Phi) is 6.50. The number of rotatable bonds is 7. The van der Waals surface area contributed by atoms with Gasteiger partial charge >= 0.3 is 0 Å². The van der Waals surface area contributed by atoms with Gasteiger partial charge in [-0.15, -0.1) is 0 Å². The summed E-state index contributed by atoms with van der Waals surface area (Å²) < 4.78 is 0. The first-order chi connectivity index (χ1) is 8.95. The molecule has 2 nitrogen and oxygen atoms in total. The van der Waals surface area contributed by atoms with E-state index >= 15 is 0 Å². The average molecular weight is 262 g/mol. The van der Waals surface area contributed by atoms with Gasteiger partial charge in [0.2, 0.25) is 0 Å². The fourth-order valence-electron chi connectivity index (χ4n) is 2.18. The lowest BCUT2D eigenvalue weighted by Gasteiger charge is -2.24. The second kappa shape index (κ2) is 7.64. The number of aromatic nitrogens is 1. The minimum absolute atomic E-state index is 0.564. The molecule has 1 rings (SSSR count). The normalized spacial score (nSPS) is 13.5. The standard InChI is InChI=1S/C17H30N2/c1-7-15(10-11-19(6)14(4)5)17-9-8-16(12-18-17)13(2)3/h8-9,12-15H,7,10-11H2,1-6H3. The summed E-state index contributed by atoms with van der Waals surface area (Å²) in [5.74, 6) is 1.15. The van der Waals surface area contributed by atoms with Crippen molar-refractivity contribution in [2.24, 2.45) is 0 Å². The van der Waals surface area contributed by atoms with Crippen LogP contribution < -0.4 is 0 Å². The Bertz CT molecular complexity index is 354. The van der Waals surface area contributed by atoms with Gasteiger partial charge in [0.15, 0.2) is 0 Å². The molecular weight excluding hydrogens is 232 g/mol. The molecule has 0 radical (unpaired) electrons. The molecule has 1 unspecified atom stereocenters. The van der Waals surface area contributed by atoms with E-state index in [1.807, 2.05) is 0 Å². The summed E-state index contributed by atoms with van der Waals surface area (Å²) in [6.45, 7) is 12.3. The molecule has 2 heteroatoms. The third-order valence-electron chi connectivity index (χ3n) is 4.10. The fourth-order valence-corrected chi connectivity index (χ4v) is 2.18. The largest absolute Gasteiger partial charge is 0.304 e. The maximum Gasteiger partial charge on any atom is 0.0435 e. The number of nitrogens with zero attached hydrogens (tertiary/aromatic N) is 2. The molecule has 0 saturated heterocycles. The number of hydrogen-bond donors (Lipinski definition) is 0. The zero-order chi connectivity index (χ0) is 14.4. The van der Waals surface area contributed by atoms with Gasteiger partial charge in [-0.3, -0.25) is 4.98 Å². The summed E-state index contributed by atoms with van der Waals surface area (Å²) in [7, 11) is 2.20. The van der Waals surface area contributed by atoms with Crippen molar-refractivity contribution < 1.29 is 0 Å². The van der Waals surface area contributed by atoms with Gasteiger partial charge in [-0.1, -0.05) is 26.8 Å². The highest BCUT2D eigenvalue weighted by atomic mass is 15.1. The summed E-state index contributed by atoms with van der Waals surface area (Å²) >= 11 is 0. The van der Waals surface area contributed by atoms with E-state index in [9.17, 15) is 0 Å². The van der Waals surface area contributed by atoms with Crippen molar-refractivity contribution in [1.29, 1.82) is 0 Å². The highest BCUT2D eigenvalue weighted by molar-refractivity contribution is 5.19. The zero-order valence-corrected chi connectivity index (χ0v) is 13.5. The van der Waals surface area contributed by atoms with E-state index in [4.69, 9.17) is 0 Å². The Balaban J connectivity index is 2.64. The van der Waals surface area contributed by atoms with Crippen LogP contribution in [0.1, 0.15) is 70.6 Å². The highest BCUT2D eigenvalue weighted by Crippen LogP contribution is 2.23. The molecule has 0 saturated carbocycles. The first kappa shape index (κ1) is 16.2. The lowest BCUT2D eigenvalue weighted by Crippen LogP contribution is -2.28. The lowest BCUT2D eigenvalue weighted by molar-refractivity contribution is 0.261. The van der Waals surface area contributed by atoms with Crippen LogP contribution in [0.25, 0.3) is 0 Å². The Morgan fingerprint density at radius 3 is 2.26 bits per heavy atom. The minimum Gasteiger partial charge on any atom is -0.304 e. The molecule has 0 aromatic carbocycles. The van der Waals surface area contributed by atoms with Crippen LogP contribution in [0.4, 0.5) is 0 Å². The van der Waals surface area contributed by atoms with Crippen LogP contribution >= 0.6 is 0 Å². The molecular formula is C17H30N2. The molecule has 108 valence electrons. The highest BCUT2D eigenvalue weighted by Gasteiger charge is 2.13. The predicted molar refractivity (Wildman–Crippen MR) is 83.7 cm³/mol. The second-order valence-electron chi connectivity index (χ2n) is 6.14. The van der Waals surface area contributed by atoms with Crippen molar-refractivity contribution >= 4 is 0 Å². The van der Waals surface area contributed by atoms with Crippen molar-refractivity contribution in [1.82, 2.24) is 9.88 Å². The molecule has 0 aliphatic rings. The molecule has 0 bridgehead atoms. The quantitative estimate of drug-likeness (QED) is 0.722. The van der Waals surface area contributed by atoms with Crippen LogP contribution in [0.2, 0.25) is 0 Å². The number of pyridine rings is 1. The van der Waals surface area contributed by atoms with E-state index in [0.717, 1.165) is 6.54 Å². The van der Waals surface area contributed by atoms with Crippen molar-refractivity contribution in [2.45, 2.75) is 65.3 Å². The molecule has 1 aromatic rings.